The average Bonchev–Trinajstić information content (AvgIpc) is 2.46. The molecule has 0 bridgehead atoms. The molecular weight excluding hydrogens is 328 g/mol. The maximum Gasteiger partial charge on any atom is 0.0648 e. The van der Waals surface area contributed by atoms with Crippen LogP contribution < -0.4 is 5.32 Å². The summed E-state index contributed by atoms with van der Waals surface area (Å²) in [5.74, 6) is 0. The monoisotopic (exact) mass is 348 g/mol. The molecule has 0 saturated heterocycles. The molecule has 5 heteroatoms. The highest BCUT2D eigenvalue weighted by Gasteiger charge is 2.16. The molecule has 0 aromatic carbocycles. The fraction of sp³-hybridized carbons (Fsp3) is 0.438. The van der Waals surface area contributed by atoms with Gasteiger partial charge in [0.2, 0.25) is 0 Å². The van der Waals surface area contributed by atoms with Gasteiger partial charge in [-0.1, -0.05) is 6.92 Å². The Morgan fingerprint density at radius 3 is 2.71 bits per heavy atom. The highest BCUT2D eigenvalue weighted by molar-refractivity contribution is 9.10. The summed E-state index contributed by atoms with van der Waals surface area (Å²) in [4.78, 5) is 4.25. The molecule has 112 valence electrons. The van der Waals surface area contributed by atoms with Crippen LogP contribution in [0.5, 0.6) is 0 Å². The first-order chi connectivity index (χ1) is 10.1. The van der Waals surface area contributed by atoms with Crippen molar-refractivity contribution in [3.63, 3.8) is 0 Å². The van der Waals surface area contributed by atoms with Crippen LogP contribution in [-0.4, -0.2) is 21.7 Å². The molecular formula is C16H21BrN4. The Labute approximate surface area is 134 Å². The van der Waals surface area contributed by atoms with Crippen LogP contribution in [0.3, 0.4) is 0 Å². The number of nitrogens with one attached hydrogen (secondary N) is 1. The number of pyridine rings is 1. The lowest BCUT2D eigenvalue weighted by atomic mass is 9.98. The molecule has 0 aliphatic rings. The summed E-state index contributed by atoms with van der Waals surface area (Å²) in [6, 6.07) is 4.47. The van der Waals surface area contributed by atoms with E-state index in [1.54, 1.807) is 6.20 Å². The lowest BCUT2D eigenvalue weighted by Crippen LogP contribution is -2.25. The normalized spacial score (nSPS) is 12.4. The van der Waals surface area contributed by atoms with Crippen molar-refractivity contribution in [2.75, 3.05) is 6.54 Å². The average molecular weight is 349 g/mol. The van der Waals surface area contributed by atoms with Gasteiger partial charge in [-0.3, -0.25) is 4.98 Å². The second kappa shape index (κ2) is 7.61. The molecule has 4 nitrogen and oxygen atoms in total. The molecule has 2 aromatic heterocycles. The van der Waals surface area contributed by atoms with Gasteiger partial charge in [0.1, 0.15) is 0 Å². The summed E-state index contributed by atoms with van der Waals surface area (Å²) in [6.45, 7) is 7.15. The third-order valence-corrected chi connectivity index (χ3v) is 3.79. The quantitative estimate of drug-likeness (QED) is 0.867. The van der Waals surface area contributed by atoms with Crippen molar-refractivity contribution >= 4 is 15.9 Å². The molecule has 2 aromatic rings. The Hall–Kier alpha value is -1.33. The van der Waals surface area contributed by atoms with E-state index in [0.29, 0.717) is 0 Å². The topological polar surface area (TPSA) is 50.7 Å². The Morgan fingerprint density at radius 2 is 2.00 bits per heavy atom. The first-order valence-corrected chi connectivity index (χ1v) is 8.03. The number of halogens is 1. The van der Waals surface area contributed by atoms with Crippen LogP contribution in [0, 0.1) is 13.8 Å². The fourth-order valence-electron chi connectivity index (χ4n) is 2.34. The molecule has 1 N–H and O–H groups in total. The summed E-state index contributed by atoms with van der Waals surface area (Å²) < 4.78 is 1.01. The molecule has 21 heavy (non-hydrogen) atoms. The second-order valence-corrected chi connectivity index (χ2v) is 6.16. The van der Waals surface area contributed by atoms with E-state index in [4.69, 9.17) is 0 Å². The van der Waals surface area contributed by atoms with Crippen molar-refractivity contribution < 1.29 is 0 Å². The van der Waals surface area contributed by atoms with E-state index < -0.39 is 0 Å². The molecule has 0 fully saturated rings. The highest BCUT2D eigenvalue weighted by atomic mass is 79.9. The Morgan fingerprint density at radius 1 is 1.19 bits per heavy atom. The number of hydrogen-bond donors (Lipinski definition) is 1. The van der Waals surface area contributed by atoms with Gasteiger partial charge in [-0.2, -0.15) is 10.2 Å². The van der Waals surface area contributed by atoms with Crippen LogP contribution in [0.2, 0.25) is 0 Å². The van der Waals surface area contributed by atoms with Crippen molar-refractivity contribution in [1.82, 2.24) is 20.5 Å². The summed E-state index contributed by atoms with van der Waals surface area (Å²) >= 11 is 3.48. The van der Waals surface area contributed by atoms with Gasteiger partial charge in [0.25, 0.3) is 0 Å². The second-order valence-electron chi connectivity index (χ2n) is 5.25. The Bertz CT molecular complexity index is 601. The summed E-state index contributed by atoms with van der Waals surface area (Å²) in [5, 5.41) is 12.0. The number of rotatable bonds is 6. The number of aryl methyl sites for hydroxylation is 2. The molecule has 0 aliphatic heterocycles. The molecule has 1 atom stereocenters. The Balaban J connectivity index is 2.27. The molecule has 0 amide bonds. The van der Waals surface area contributed by atoms with Crippen molar-refractivity contribution in [3.8, 4) is 0 Å². The van der Waals surface area contributed by atoms with Crippen LogP contribution in [0.4, 0.5) is 0 Å². The van der Waals surface area contributed by atoms with E-state index in [9.17, 15) is 0 Å². The standard InChI is InChI=1S/C16H21BrN4/c1-4-5-19-16(8-13-7-14(17)10-18-9-13)15-6-11(2)20-21-12(15)3/h6-7,9-10,16,19H,4-5,8H2,1-3H3. The van der Waals surface area contributed by atoms with Crippen LogP contribution >= 0.6 is 15.9 Å². The zero-order valence-corrected chi connectivity index (χ0v) is 14.3. The van der Waals surface area contributed by atoms with Crippen LogP contribution in [0.25, 0.3) is 0 Å². The smallest absolute Gasteiger partial charge is 0.0648 e. The first kappa shape index (κ1) is 16.0. The van der Waals surface area contributed by atoms with Gasteiger partial charge in [-0.25, -0.2) is 0 Å². The van der Waals surface area contributed by atoms with Crippen molar-refractivity contribution in [3.05, 3.63) is 51.5 Å². The van der Waals surface area contributed by atoms with E-state index in [1.807, 2.05) is 20.0 Å². The van der Waals surface area contributed by atoms with Gasteiger partial charge in [-0.05, 0) is 72.4 Å². The highest BCUT2D eigenvalue weighted by Crippen LogP contribution is 2.22. The summed E-state index contributed by atoms with van der Waals surface area (Å²) in [5.41, 5.74) is 4.35. The molecule has 2 heterocycles. The van der Waals surface area contributed by atoms with E-state index in [-0.39, 0.29) is 6.04 Å². The maximum absolute atomic E-state index is 4.25. The molecule has 0 aliphatic carbocycles. The zero-order chi connectivity index (χ0) is 15.2. The Kier molecular flexibility index (Phi) is 5.82. The molecule has 2 rings (SSSR count). The number of nitrogens with zero attached hydrogens (tertiary/aromatic N) is 3. The van der Waals surface area contributed by atoms with Gasteiger partial charge < -0.3 is 5.32 Å². The lowest BCUT2D eigenvalue weighted by Gasteiger charge is -2.20. The predicted octanol–water partition coefficient (Wildman–Crippen LogP) is 3.53. The van der Waals surface area contributed by atoms with E-state index >= 15 is 0 Å². The van der Waals surface area contributed by atoms with Gasteiger partial charge >= 0.3 is 0 Å². The number of hydrogen-bond acceptors (Lipinski definition) is 4. The van der Waals surface area contributed by atoms with E-state index in [2.05, 4.69) is 55.5 Å². The minimum Gasteiger partial charge on any atom is -0.310 e. The van der Waals surface area contributed by atoms with Gasteiger partial charge in [0.15, 0.2) is 0 Å². The zero-order valence-electron chi connectivity index (χ0n) is 12.7. The molecule has 0 radical (unpaired) electrons. The maximum atomic E-state index is 4.25. The van der Waals surface area contributed by atoms with E-state index in [1.165, 1.54) is 11.1 Å². The van der Waals surface area contributed by atoms with Gasteiger partial charge in [0.05, 0.1) is 11.4 Å². The minimum atomic E-state index is 0.232. The van der Waals surface area contributed by atoms with Crippen LogP contribution in [-0.2, 0) is 6.42 Å². The van der Waals surface area contributed by atoms with Gasteiger partial charge in [0, 0.05) is 22.9 Å². The first-order valence-electron chi connectivity index (χ1n) is 7.23. The molecule has 1 unspecified atom stereocenters. The lowest BCUT2D eigenvalue weighted by molar-refractivity contribution is 0.522. The third-order valence-electron chi connectivity index (χ3n) is 3.36. The van der Waals surface area contributed by atoms with Gasteiger partial charge in [-0.15, -0.1) is 0 Å². The molecule has 0 spiro atoms. The largest absolute Gasteiger partial charge is 0.310 e. The fourth-order valence-corrected chi connectivity index (χ4v) is 2.75. The SMILES string of the molecule is CCCNC(Cc1cncc(Br)c1)c1cc(C)nnc1C. The van der Waals surface area contributed by atoms with Crippen molar-refractivity contribution in [2.45, 2.75) is 39.7 Å². The minimum absolute atomic E-state index is 0.232. The van der Waals surface area contributed by atoms with Crippen molar-refractivity contribution in [1.29, 1.82) is 0 Å². The van der Waals surface area contributed by atoms with Crippen molar-refractivity contribution in [2.24, 2.45) is 0 Å². The summed E-state index contributed by atoms with van der Waals surface area (Å²) in [6.07, 6.45) is 5.71. The third kappa shape index (κ3) is 4.58. The number of aromatic nitrogens is 3. The van der Waals surface area contributed by atoms with Crippen LogP contribution in [0.15, 0.2) is 29.0 Å². The van der Waals surface area contributed by atoms with E-state index in [0.717, 1.165) is 35.2 Å². The molecule has 0 saturated carbocycles. The van der Waals surface area contributed by atoms with Crippen LogP contribution in [0.1, 0.15) is 41.9 Å². The predicted molar refractivity (Wildman–Crippen MR) is 88.2 cm³/mol. The summed E-state index contributed by atoms with van der Waals surface area (Å²) in [7, 11) is 0.